The summed E-state index contributed by atoms with van der Waals surface area (Å²) in [7, 11) is 0. The van der Waals surface area contributed by atoms with E-state index in [1.165, 1.54) is 19.3 Å². The summed E-state index contributed by atoms with van der Waals surface area (Å²) < 4.78 is 0. The minimum atomic E-state index is -0.157. The van der Waals surface area contributed by atoms with Gasteiger partial charge in [-0.1, -0.05) is 56.2 Å². The molecule has 4 aliphatic rings. The van der Waals surface area contributed by atoms with Crippen molar-refractivity contribution in [3.63, 3.8) is 0 Å². The third kappa shape index (κ3) is 1.75. The summed E-state index contributed by atoms with van der Waals surface area (Å²) in [6.45, 7) is 7.11. The Balaban J connectivity index is 1.74. The van der Waals surface area contributed by atoms with E-state index in [4.69, 9.17) is 0 Å². The van der Waals surface area contributed by atoms with Crippen LogP contribution < -0.4 is 0 Å². The van der Waals surface area contributed by atoms with Gasteiger partial charge in [-0.15, -0.1) is 0 Å². The lowest BCUT2D eigenvalue weighted by Crippen LogP contribution is -2.55. The minimum absolute atomic E-state index is 0.108. The van der Waals surface area contributed by atoms with E-state index in [-0.39, 0.29) is 16.9 Å². The van der Waals surface area contributed by atoms with Crippen molar-refractivity contribution < 1.29 is 5.11 Å². The van der Waals surface area contributed by atoms with E-state index in [1.807, 2.05) is 0 Å². The van der Waals surface area contributed by atoms with Crippen LogP contribution in [0.3, 0.4) is 0 Å². The van der Waals surface area contributed by atoms with E-state index in [0.717, 1.165) is 25.2 Å². The second kappa shape index (κ2) is 4.84. The lowest BCUT2D eigenvalue weighted by molar-refractivity contribution is -0.0972. The number of aliphatic hydroxyl groups excluding tert-OH is 1. The van der Waals surface area contributed by atoms with Crippen LogP contribution in [0.25, 0.3) is 0 Å². The van der Waals surface area contributed by atoms with Gasteiger partial charge in [0.2, 0.25) is 0 Å². The van der Waals surface area contributed by atoms with Crippen LogP contribution in [0.4, 0.5) is 0 Å². The molecule has 0 amide bonds. The summed E-state index contributed by atoms with van der Waals surface area (Å²) in [5.74, 6) is 1.86. The van der Waals surface area contributed by atoms with Gasteiger partial charge >= 0.3 is 0 Å². The van der Waals surface area contributed by atoms with Crippen LogP contribution in [-0.4, -0.2) is 11.2 Å². The summed E-state index contributed by atoms with van der Waals surface area (Å²) in [6.07, 6.45) is 16.5. The Labute approximate surface area is 135 Å². The van der Waals surface area contributed by atoms with Gasteiger partial charge in [0.1, 0.15) is 0 Å². The molecule has 1 nitrogen and oxygen atoms in total. The molecule has 0 saturated heterocycles. The monoisotopic (exact) mass is 298 g/mol. The Kier molecular flexibility index (Phi) is 3.24. The quantitative estimate of drug-likeness (QED) is 0.673. The molecule has 1 N–H and O–H groups in total. The highest BCUT2D eigenvalue weighted by Crippen LogP contribution is 2.64. The second-order valence-corrected chi connectivity index (χ2v) is 8.49. The van der Waals surface area contributed by atoms with Gasteiger partial charge in [-0.05, 0) is 55.8 Å². The zero-order valence-corrected chi connectivity index (χ0v) is 14.3. The molecule has 0 spiro atoms. The van der Waals surface area contributed by atoms with E-state index < -0.39 is 0 Å². The fourth-order valence-corrected chi connectivity index (χ4v) is 6.67. The van der Waals surface area contributed by atoms with Crippen molar-refractivity contribution in [1.29, 1.82) is 0 Å². The molecule has 2 saturated carbocycles. The number of aliphatic hydroxyl groups is 1. The Hall–Kier alpha value is -0.820. The van der Waals surface area contributed by atoms with Crippen molar-refractivity contribution in [3.05, 3.63) is 35.5 Å². The maximum atomic E-state index is 11.1. The highest BCUT2D eigenvalue weighted by molar-refractivity contribution is 5.34. The zero-order valence-electron chi connectivity index (χ0n) is 14.3. The zero-order chi connectivity index (χ0) is 15.5. The molecule has 2 fully saturated rings. The van der Waals surface area contributed by atoms with Crippen LogP contribution in [0.5, 0.6) is 0 Å². The normalized spacial score (nSPS) is 49.8. The van der Waals surface area contributed by atoms with Crippen LogP contribution in [0.15, 0.2) is 35.5 Å². The minimum Gasteiger partial charge on any atom is -0.393 e. The number of fused-ring (bicyclic) bond motifs is 5. The molecule has 120 valence electrons. The Morgan fingerprint density at radius 1 is 1.27 bits per heavy atom. The van der Waals surface area contributed by atoms with Crippen LogP contribution in [0.1, 0.15) is 59.3 Å². The van der Waals surface area contributed by atoms with Crippen LogP contribution >= 0.6 is 0 Å². The van der Waals surface area contributed by atoms with Gasteiger partial charge in [0.15, 0.2) is 0 Å². The van der Waals surface area contributed by atoms with Gasteiger partial charge in [-0.3, -0.25) is 0 Å². The Morgan fingerprint density at radius 3 is 2.86 bits per heavy atom. The van der Waals surface area contributed by atoms with Crippen LogP contribution in [0.2, 0.25) is 0 Å². The molecule has 4 rings (SSSR count). The molecule has 22 heavy (non-hydrogen) atoms. The van der Waals surface area contributed by atoms with E-state index in [2.05, 4.69) is 45.1 Å². The fraction of sp³-hybridized carbons (Fsp3) is 0.714. The summed E-state index contributed by atoms with van der Waals surface area (Å²) in [5, 5.41) is 11.1. The standard InChI is InChI=1S/C21H30O/c1-4-14-9-11-17-16-10-8-15-7-5-6-12-20(15,2)19(16)18(22)13-21(14,17)3/h6-7,9,12,16-19,22H,4-5,8,10-11,13H2,1-3H3/t16-,17-,18+,19+,20-,21+/m0/s1. The van der Waals surface area contributed by atoms with E-state index in [1.54, 1.807) is 11.1 Å². The van der Waals surface area contributed by atoms with Gasteiger partial charge in [-0.25, -0.2) is 0 Å². The second-order valence-electron chi connectivity index (χ2n) is 8.49. The number of allylic oxidation sites excluding steroid dienone is 6. The first kappa shape index (κ1) is 14.8. The molecule has 1 heteroatoms. The van der Waals surface area contributed by atoms with Crippen molar-refractivity contribution in [2.75, 3.05) is 0 Å². The predicted octanol–water partition coefficient (Wildman–Crippen LogP) is 5.03. The van der Waals surface area contributed by atoms with Gasteiger partial charge in [0.05, 0.1) is 6.10 Å². The molecule has 4 aliphatic carbocycles. The fourth-order valence-electron chi connectivity index (χ4n) is 6.67. The number of rotatable bonds is 1. The molecule has 0 unspecified atom stereocenters. The summed E-state index contributed by atoms with van der Waals surface area (Å²) in [5.41, 5.74) is 3.57. The number of hydrogen-bond acceptors (Lipinski definition) is 1. The average molecular weight is 298 g/mol. The maximum absolute atomic E-state index is 11.1. The Bertz CT molecular complexity index is 568. The number of hydrogen-bond donors (Lipinski definition) is 1. The van der Waals surface area contributed by atoms with E-state index in [0.29, 0.717) is 11.8 Å². The molecule has 0 aromatic rings. The lowest BCUT2D eigenvalue weighted by atomic mass is 9.47. The molecule has 0 radical (unpaired) electrons. The smallest absolute Gasteiger partial charge is 0.0590 e. The van der Waals surface area contributed by atoms with Crippen molar-refractivity contribution in [2.45, 2.75) is 65.4 Å². The third-order valence-electron chi connectivity index (χ3n) is 7.67. The predicted molar refractivity (Wildman–Crippen MR) is 91.4 cm³/mol. The van der Waals surface area contributed by atoms with Crippen molar-refractivity contribution in [3.8, 4) is 0 Å². The largest absolute Gasteiger partial charge is 0.393 e. The van der Waals surface area contributed by atoms with Crippen molar-refractivity contribution >= 4 is 0 Å². The maximum Gasteiger partial charge on any atom is 0.0590 e. The lowest BCUT2D eigenvalue weighted by Gasteiger charge is -2.58. The first-order chi connectivity index (χ1) is 10.5. The topological polar surface area (TPSA) is 20.2 Å². The summed E-state index contributed by atoms with van der Waals surface area (Å²) in [6, 6.07) is 0. The average Bonchev–Trinajstić information content (AvgIpc) is 2.82. The first-order valence-corrected chi connectivity index (χ1v) is 9.25. The molecular formula is C21H30O. The molecule has 0 heterocycles. The SMILES string of the molecule is CCC1=CC[C@H]2[C@@H]3CCC4=CCC=C[C@]4(C)[C@H]3[C@H](O)C[C@]12C. The van der Waals surface area contributed by atoms with Crippen molar-refractivity contribution in [1.82, 2.24) is 0 Å². The molecule has 0 aromatic heterocycles. The molecule has 0 aliphatic heterocycles. The summed E-state index contributed by atoms with van der Waals surface area (Å²) >= 11 is 0. The first-order valence-electron chi connectivity index (χ1n) is 9.25. The van der Waals surface area contributed by atoms with Gasteiger partial charge < -0.3 is 5.11 Å². The van der Waals surface area contributed by atoms with Crippen molar-refractivity contribution in [2.24, 2.45) is 28.6 Å². The molecular weight excluding hydrogens is 268 g/mol. The Morgan fingerprint density at radius 2 is 2.09 bits per heavy atom. The van der Waals surface area contributed by atoms with Crippen LogP contribution in [-0.2, 0) is 0 Å². The van der Waals surface area contributed by atoms with E-state index >= 15 is 0 Å². The molecule has 0 aromatic carbocycles. The van der Waals surface area contributed by atoms with Gasteiger partial charge in [0, 0.05) is 11.3 Å². The highest BCUT2D eigenvalue weighted by atomic mass is 16.3. The third-order valence-corrected chi connectivity index (χ3v) is 7.67. The molecule has 0 bridgehead atoms. The van der Waals surface area contributed by atoms with E-state index in [9.17, 15) is 5.11 Å². The summed E-state index contributed by atoms with van der Waals surface area (Å²) in [4.78, 5) is 0. The van der Waals surface area contributed by atoms with Gasteiger partial charge in [0.25, 0.3) is 0 Å². The van der Waals surface area contributed by atoms with Gasteiger partial charge in [-0.2, -0.15) is 0 Å². The van der Waals surface area contributed by atoms with Crippen LogP contribution in [0, 0.1) is 28.6 Å². The highest BCUT2D eigenvalue weighted by Gasteiger charge is 2.59. The molecule has 6 atom stereocenters.